The maximum Gasteiger partial charge on any atom is 0.119 e. The van der Waals surface area contributed by atoms with Gasteiger partial charge in [0.05, 0.1) is 6.61 Å². The second kappa shape index (κ2) is 7.17. The standard InChI is InChI=1S/C21H28O/c1-3-4-13-22-21-12-11-19-14-18(9-10-20(19)15-21)17-7-5-16(2)6-8-17/h9-12,14-17H,3-8,13H2,1-2H3. The average molecular weight is 296 g/mol. The third kappa shape index (κ3) is 3.63. The fourth-order valence-corrected chi connectivity index (χ4v) is 3.51. The third-order valence-corrected chi connectivity index (χ3v) is 5.09. The molecule has 1 aliphatic rings. The predicted molar refractivity (Wildman–Crippen MR) is 94.7 cm³/mol. The maximum absolute atomic E-state index is 5.81. The molecule has 1 saturated carbocycles. The monoisotopic (exact) mass is 296 g/mol. The fourth-order valence-electron chi connectivity index (χ4n) is 3.51. The van der Waals surface area contributed by atoms with Gasteiger partial charge in [0, 0.05) is 0 Å². The average Bonchev–Trinajstić information content (AvgIpc) is 2.55. The van der Waals surface area contributed by atoms with Gasteiger partial charge < -0.3 is 4.74 Å². The van der Waals surface area contributed by atoms with Crippen LogP contribution in [0.4, 0.5) is 0 Å². The first kappa shape index (κ1) is 15.4. The van der Waals surface area contributed by atoms with Crippen LogP contribution in [-0.2, 0) is 0 Å². The lowest BCUT2D eigenvalue weighted by molar-refractivity contribution is 0.310. The van der Waals surface area contributed by atoms with E-state index in [-0.39, 0.29) is 0 Å². The van der Waals surface area contributed by atoms with Crippen LogP contribution < -0.4 is 4.74 Å². The van der Waals surface area contributed by atoms with Crippen molar-refractivity contribution in [3.05, 3.63) is 42.0 Å². The van der Waals surface area contributed by atoms with Gasteiger partial charge in [-0.3, -0.25) is 0 Å². The fraction of sp³-hybridized carbons (Fsp3) is 0.524. The number of fused-ring (bicyclic) bond motifs is 1. The minimum absolute atomic E-state index is 0.765. The minimum atomic E-state index is 0.765. The van der Waals surface area contributed by atoms with Gasteiger partial charge in [0.1, 0.15) is 5.75 Å². The highest BCUT2D eigenvalue weighted by atomic mass is 16.5. The summed E-state index contributed by atoms with van der Waals surface area (Å²) in [4.78, 5) is 0. The summed E-state index contributed by atoms with van der Waals surface area (Å²) in [6.07, 6.45) is 7.77. The van der Waals surface area contributed by atoms with E-state index in [2.05, 4.69) is 50.2 Å². The molecular formula is C21H28O. The first-order valence-corrected chi connectivity index (χ1v) is 8.92. The Balaban J connectivity index is 1.74. The molecule has 1 fully saturated rings. The van der Waals surface area contributed by atoms with Gasteiger partial charge in [-0.2, -0.15) is 0 Å². The molecule has 0 aliphatic heterocycles. The highest BCUT2D eigenvalue weighted by Crippen LogP contribution is 2.36. The van der Waals surface area contributed by atoms with Crippen LogP contribution in [0.25, 0.3) is 10.8 Å². The Morgan fingerprint density at radius 2 is 1.68 bits per heavy atom. The van der Waals surface area contributed by atoms with Crippen molar-refractivity contribution in [1.82, 2.24) is 0 Å². The quantitative estimate of drug-likeness (QED) is 0.587. The maximum atomic E-state index is 5.81. The van der Waals surface area contributed by atoms with Gasteiger partial charge in [-0.05, 0) is 59.6 Å². The van der Waals surface area contributed by atoms with Crippen LogP contribution in [-0.4, -0.2) is 6.61 Å². The predicted octanol–water partition coefficient (Wildman–Crippen LogP) is 6.31. The molecule has 1 aliphatic carbocycles. The normalized spacial score (nSPS) is 21.9. The van der Waals surface area contributed by atoms with E-state index in [1.165, 1.54) is 48.4 Å². The summed E-state index contributed by atoms with van der Waals surface area (Å²) in [5.41, 5.74) is 1.53. The number of unbranched alkanes of at least 4 members (excludes halogenated alkanes) is 1. The van der Waals surface area contributed by atoms with Crippen molar-refractivity contribution < 1.29 is 4.74 Å². The second-order valence-electron chi connectivity index (χ2n) is 6.93. The summed E-state index contributed by atoms with van der Waals surface area (Å²) < 4.78 is 5.81. The smallest absolute Gasteiger partial charge is 0.119 e. The molecule has 0 saturated heterocycles. The first-order chi connectivity index (χ1) is 10.8. The van der Waals surface area contributed by atoms with Crippen LogP contribution in [0.2, 0.25) is 0 Å². The lowest BCUT2D eigenvalue weighted by Crippen LogP contribution is -2.10. The lowest BCUT2D eigenvalue weighted by Gasteiger charge is -2.26. The molecule has 0 amide bonds. The molecule has 0 aromatic heterocycles. The summed E-state index contributed by atoms with van der Waals surface area (Å²) in [7, 11) is 0. The number of benzene rings is 2. The van der Waals surface area contributed by atoms with E-state index in [4.69, 9.17) is 4.74 Å². The van der Waals surface area contributed by atoms with E-state index in [9.17, 15) is 0 Å². The summed E-state index contributed by atoms with van der Waals surface area (Å²) in [6, 6.07) is 13.5. The zero-order chi connectivity index (χ0) is 15.4. The Labute approximate surface area is 134 Å². The zero-order valence-corrected chi connectivity index (χ0v) is 14.0. The molecule has 0 atom stereocenters. The zero-order valence-electron chi connectivity index (χ0n) is 14.0. The Hall–Kier alpha value is -1.50. The Morgan fingerprint density at radius 1 is 0.955 bits per heavy atom. The molecule has 1 heteroatoms. The number of hydrogen-bond acceptors (Lipinski definition) is 1. The van der Waals surface area contributed by atoms with E-state index < -0.39 is 0 Å². The summed E-state index contributed by atoms with van der Waals surface area (Å²) in [5.74, 6) is 2.68. The molecule has 0 bridgehead atoms. The lowest BCUT2D eigenvalue weighted by atomic mass is 9.79. The van der Waals surface area contributed by atoms with E-state index in [0.29, 0.717) is 0 Å². The molecule has 2 aromatic carbocycles. The van der Waals surface area contributed by atoms with Gasteiger partial charge in [-0.15, -0.1) is 0 Å². The SMILES string of the molecule is CCCCOc1ccc2cc(C3CCC(C)CC3)ccc2c1. The molecule has 0 radical (unpaired) electrons. The topological polar surface area (TPSA) is 9.23 Å². The molecule has 2 aromatic rings. The first-order valence-electron chi connectivity index (χ1n) is 8.92. The highest BCUT2D eigenvalue weighted by Gasteiger charge is 2.19. The van der Waals surface area contributed by atoms with Crippen molar-refractivity contribution in [3.63, 3.8) is 0 Å². The van der Waals surface area contributed by atoms with Crippen molar-refractivity contribution in [1.29, 1.82) is 0 Å². The third-order valence-electron chi connectivity index (χ3n) is 5.09. The second-order valence-corrected chi connectivity index (χ2v) is 6.93. The van der Waals surface area contributed by atoms with Gasteiger partial charge in [0.25, 0.3) is 0 Å². The van der Waals surface area contributed by atoms with Crippen LogP contribution in [0, 0.1) is 5.92 Å². The molecule has 0 unspecified atom stereocenters. The van der Waals surface area contributed by atoms with Crippen molar-refractivity contribution in [2.24, 2.45) is 5.92 Å². The molecule has 0 N–H and O–H groups in total. The van der Waals surface area contributed by atoms with Crippen LogP contribution in [0.5, 0.6) is 5.75 Å². The Kier molecular flexibility index (Phi) is 5.02. The number of ether oxygens (including phenoxy) is 1. The largest absolute Gasteiger partial charge is 0.494 e. The Bertz CT molecular complexity index is 608. The van der Waals surface area contributed by atoms with Gasteiger partial charge in [0.2, 0.25) is 0 Å². The van der Waals surface area contributed by atoms with Crippen LogP contribution >= 0.6 is 0 Å². The number of hydrogen-bond donors (Lipinski definition) is 0. The summed E-state index contributed by atoms with van der Waals surface area (Å²) in [6.45, 7) is 5.40. The van der Waals surface area contributed by atoms with Crippen molar-refractivity contribution >= 4 is 10.8 Å². The van der Waals surface area contributed by atoms with E-state index in [1.54, 1.807) is 0 Å². The minimum Gasteiger partial charge on any atom is -0.494 e. The van der Waals surface area contributed by atoms with E-state index in [0.717, 1.165) is 30.6 Å². The van der Waals surface area contributed by atoms with Crippen molar-refractivity contribution in [2.75, 3.05) is 6.61 Å². The van der Waals surface area contributed by atoms with Crippen molar-refractivity contribution in [3.8, 4) is 5.75 Å². The van der Waals surface area contributed by atoms with E-state index in [1.807, 2.05) is 0 Å². The highest BCUT2D eigenvalue weighted by molar-refractivity contribution is 5.84. The molecular weight excluding hydrogens is 268 g/mol. The van der Waals surface area contributed by atoms with Crippen LogP contribution in [0.15, 0.2) is 36.4 Å². The summed E-state index contributed by atoms with van der Waals surface area (Å²) in [5, 5.41) is 2.64. The van der Waals surface area contributed by atoms with Gasteiger partial charge in [0.15, 0.2) is 0 Å². The molecule has 0 heterocycles. The molecule has 118 valence electrons. The number of rotatable bonds is 5. The molecule has 22 heavy (non-hydrogen) atoms. The van der Waals surface area contributed by atoms with E-state index >= 15 is 0 Å². The molecule has 3 rings (SSSR count). The van der Waals surface area contributed by atoms with Crippen molar-refractivity contribution in [2.45, 2.75) is 58.3 Å². The summed E-state index contributed by atoms with van der Waals surface area (Å²) >= 11 is 0. The van der Waals surface area contributed by atoms with Crippen LogP contribution in [0.3, 0.4) is 0 Å². The van der Waals surface area contributed by atoms with Gasteiger partial charge in [-0.1, -0.05) is 57.4 Å². The van der Waals surface area contributed by atoms with Crippen LogP contribution in [0.1, 0.15) is 63.9 Å². The Morgan fingerprint density at radius 3 is 2.45 bits per heavy atom. The molecule has 1 nitrogen and oxygen atoms in total. The molecule has 0 spiro atoms. The van der Waals surface area contributed by atoms with Gasteiger partial charge >= 0.3 is 0 Å². The van der Waals surface area contributed by atoms with Gasteiger partial charge in [-0.25, -0.2) is 0 Å².